The number of hydrazine groups is 1. The summed E-state index contributed by atoms with van der Waals surface area (Å²) in [5.41, 5.74) is 0.733. The van der Waals surface area contributed by atoms with Gasteiger partial charge in [-0.2, -0.15) is 18.2 Å². The molecule has 2 amide bonds. The van der Waals surface area contributed by atoms with Crippen LogP contribution in [0.1, 0.15) is 36.9 Å². The third-order valence-corrected chi connectivity index (χ3v) is 9.10. The topological polar surface area (TPSA) is 117 Å². The Hall–Kier alpha value is -4.45. The van der Waals surface area contributed by atoms with Gasteiger partial charge in [0.2, 0.25) is 0 Å². The molecule has 1 aromatic carbocycles. The summed E-state index contributed by atoms with van der Waals surface area (Å²) < 4.78 is 45.6. The number of rotatable bonds is 4. The van der Waals surface area contributed by atoms with E-state index in [1.807, 2.05) is 0 Å². The van der Waals surface area contributed by atoms with Crippen LogP contribution in [0.4, 0.5) is 19.0 Å². The molecule has 1 aromatic heterocycles. The first-order valence-electron chi connectivity index (χ1n) is 13.7. The van der Waals surface area contributed by atoms with Crippen LogP contribution in [0, 0.1) is 17.8 Å². The number of alkyl halides is 3. The van der Waals surface area contributed by atoms with Crippen molar-refractivity contribution in [3.05, 3.63) is 81.1 Å². The number of fused-ring (bicyclic) bond motifs is 3. The maximum absolute atomic E-state index is 14.1. The predicted octanol–water partition coefficient (Wildman–Crippen LogP) is 4.95. The van der Waals surface area contributed by atoms with E-state index in [9.17, 15) is 37.5 Å². The number of amides is 2. The van der Waals surface area contributed by atoms with Gasteiger partial charge in [-0.1, -0.05) is 29.3 Å². The second-order valence-electron chi connectivity index (χ2n) is 11.2. The minimum atomic E-state index is -4.79. The zero-order chi connectivity index (χ0) is 31.8. The fourth-order valence-electron chi connectivity index (χ4n) is 6.80. The number of hydrogen-bond donors (Lipinski definition) is 1. The highest BCUT2D eigenvalue weighted by molar-refractivity contribution is 6.33. The van der Waals surface area contributed by atoms with E-state index in [4.69, 9.17) is 16.3 Å². The molecule has 4 atom stereocenters. The second kappa shape index (κ2) is 10.3. The maximum atomic E-state index is 14.1. The molecule has 0 saturated carbocycles. The fourth-order valence-corrected chi connectivity index (χ4v) is 7.03. The molecule has 0 bridgehead atoms. The van der Waals surface area contributed by atoms with Crippen LogP contribution >= 0.6 is 11.6 Å². The lowest BCUT2D eigenvalue weighted by Crippen LogP contribution is -2.46. The first-order valence-corrected chi connectivity index (χ1v) is 14.0. The van der Waals surface area contributed by atoms with Crippen LogP contribution in [0.25, 0.3) is 0 Å². The van der Waals surface area contributed by atoms with Gasteiger partial charge in [0.05, 0.1) is 24.0 Å². The number of phenols is 1. The molecule has 1 saturated heterocycles. The van der Waals surface area contributed by atoms with Crippen LogP contribution in [-0.2, 0) is 25.4 Å². The minimum Gasteiger partial charge on any atom is -0.504 e. The van der Waals surface area contributed by atoms with E-state index in [0.717, 1.165) is 16.1 Å². The smallest absolute Gasteiger partial charge is 0.433 e. The Bertz CT molecular complexity index is 1760. The van der Waals surface area contributed by atoms with Crippen LogP contribution in [0.2, 0.25) is 5.02 Å². The summed E-state index contributed by atoms with van der Waals surface area (Å²) in [5.74, 6) is -5.72. The number of pyridine rings is 1. The van der Waals surface area contributed by atoms with Crippen molar-refractivity contribution in [1.82, 2.24) is 9.99 Å². The third kappa shape index (κ3) is 4.42. The van der Waals surface area contributed by atoms with E-state index in [-0.39, 0.29) is 57.6 Å². The summed E-state index contributed by atoms with van der Waals surface area (Å²) in [4.78, 5) is 58.2. The molecule has 1 N–H and O–H groups in total. The number of nitrogens with zero attached hydrogens (tertiary/aromatic N) is 3. The number of benzene rings is 1. The quantitative estimate of drug-likeness (QED) is 0.288. The van der Waals surface area contributed by atoms with Gasteiger partial charge in [0.25, 0.3) is 11.8 Å². The summed E-state index contributed by atoms with van der Waals surface area (Å²) in [7, 11) is 2.61. The van der Waals surface area contributed by atoms with Crippen molar-refractivity contribution in [3.8, 4) is 11.5 Å². The van der Waals surface area contributed by atoms with Gasteiger partial charge in [0, 0.05) is 29.7 Å². The number of phenolic OH excluding ortho intramolecular Hbond substituents is 1. The number of carbonyl (C=O) groups is 4. The van der Waals surface area contributed by atoms with Crippen molar-refractivity contribution >= 4 is 40.8 Å². The molecule has 6 rings (SSSR count). The summed E-state index contributed by atoms with van der Waals surface area (Å²) in [6, 6.07) is 6.28. The molecule has 1 aliphatic heterocycles. The van der Waals surface area contributed by atoms with Crippen molar-refractivity contribution in [1.29, 1.82) is 0 Å². The largest absolute Gasteiger partial charge is 0.504 e. The lowest BCUT2D eigenvalue weighted by atomic mass is 9.59. The minimum absolute atomic E-state index is 0.0154. The number of Topliss-reactive ketones (excluding diaryl/α,β-unsaturated/α-hetero) is 1. The SMILES string of the molecule is COc1cc(C2C3=CCC4C(=O)N(N(C)c5nc(C(F)(F)F)ccc5Cl)C(=O)C4C3CC3=C2C(=O)C(C)=CC3=O)ccc1O. The van der Waals surface area contributed by atoms with Crippen LogP contribution in [0.15, 0.2) is 64.8 Å². The van der Waals surface area contributed by atoms with Crippen LogP contribution in [0.5, 0.6) is 11.5 Å². The molecule has 13 heteroatoms. The number of aromatic nitrogens is 1. The van der Waals surface area contributed by atoms with Crippen molar-refractivity contribution < 1.29 is 42.2 Å². The van der Waals surface area contributed by atoms with E-state index in [1.54, 1.807) is 25.1 Å². The molecule has 228 valence electrons. The van der Waals surface area contributed by atoms with Gasteiger partial charge < -0.3 is 9.84 Å². The molecular weight excluding hydrogens is 603 g/mol. The van der Waals surface area contributed by atoms with Gasteiger partial charge in [-0.3, -0.25) is 24.2 Å². The number of anilines is 1. The van der Waals surface area contributed by atoms with Gasteiger partial charge in [0.15, 0.2) is 28.9 Å². The summed E-state index contributed by atoms with van der Waals surface area (Å²) in [6.07, 6.45) is -1.60. The molecule has 4 unspecified atom stereocenters. The van der Waals surface area contributed by atoms with Crippen LogP contribution in [-0.4, -0.2) is 52.6 Å². The zero-order valence-electron chi connectivity index (χ0n) is 23.6. The standard InChI is InChI=1S/C31H25ClF3N3O6/c1-13-10-21(40)18-12-17-15(24(26(18)27(13)41)14-4-8-20(39)22(11-14)44-3)5-6-16-25(17)30(43)38(29(16)42)37(2)28-19(32)7-9-23(36-28)31(33,34)35/h4-5,7-11,16-17,24-25,39H,6,12H2,1-3H3. The summed E-state index contributed by atoms with van der Waals surface area (Å²) in [5, 5.41) is 11.7. The number of ether oxygens (including phenoxy) is 1. The Kier molecular flexibility index (Phi) is 6.95. The average molecular weight is 628 g/mol. The van der Waals surface area contributed by atoms with Gasteiger partial charge in [-0.05, 0) is 61.6 Å². The Morgan fingerprint density at radius 1 is 1.09 bits per heavy atom. The Morgan fingerprint density at radius 2 is 1.82 bits per heavy atom. The average Bonchev–Trinajstić information content (AvgIpc) is 3.24. The lowest BCUT2D eigenvalue weighted by Gasteiger charge is -2.42. The van der Waals surface area contributed by atoms with E-state index < -0.39 is 53.2 Å². The number of hydrogen-bond acceptors (Lipinski definition) is 8. The van der Waals surface area contributed by atoms with Gasteiger partial charge >= 0.3 is 6.18 Å². The van der Waals surface area contributed by atoms with Gasteiger partial charge in [0.1, 0.15) is 5.69 Å². The highest BCUT2D eigenvalue weighted by Gasteiger charge is 2.57. The normalized spacial score (nSPS) is 24.9. The molecule has 2 heterocycles. The number of aromatic hydroxyl groups is 1. The Labute approximate surface area is 254 Å². The molecule has 2 aromatic rings. The monoisotopic (exact) mass is 627 g/mol. The molecular formula is C31H25ClF3N3O6. The lowest BCUT2D eigenvalue weighted by molar-refractivity contribution is -0.141. The highest BCUT2D eigenvalue weighted by Crippen LogP contribution is 2.56. The Morgan fingerprint density at radius 3 is 2.50 bits per heavy atom. The van der Waals surface area contributed by atoms with E-state index in [1.165, 1.54) is 26.3 Å². The van der Waals surface area contributed by atoms with Crippen molar-refractivity contribution in [3.63, 3.8) is 0 Å². The molecule has 0 spiro atoms. The van der Waals surface area contributed by atoms with Crippen LogP contribution < -0.4 is 9.75 Å². The molecule has 4 aliphatic rings. The van der Waals surface area contributed by atoms with Crippen molar-refractivity contribution in [2.24, 2.45) is 17.8 Å². The maximum Gasteiger partial charge on any atom is 0.433 e. The van der Waals surface area contributed by atoms with E-state index >= 15 is 0 Å². The fraction of sp³-hybridized carbons (Fsp3) is 0.323. The highest BCUT2D eigenvalue weighted by atomic mass is 35.5. The van der Waals surface area contributed by atoms with Crippen molar-refractivity contribution in [2.75, 3.05) is 19.2 Å². The second-order valence-corrected chi connectivity index (χ2v) is 11.6. The molecule has 44 heavy (non-hydrogen) atoms. The number of ketones is 2. The number of halogens is 4. The zero-order valence-corrected chi connectivity index (χ0v) is 24.4. The number of imide groups is 1. The number of allylic oxidation sites excluding steroid dienone is 6. The molecule has 3 aliphatic carbocycles. The van der Waals surface area contributed by atoms with Crippen LogP contribution in [0.3, 0.4) is 0 Å². The van der Waals surface area contributed by atoms with E-state index in [2.05, 4.69) is 4.98 Å². The van der Waals surface area contributed by atoms with E-state index in [0.29, 0.717) is 17.2 Å². The Balaban J connectivity index is 1.44. The van der Waals surface area contributed by atoms with Gasteiger partial charge in [-0.25, -0.2) is 4.98 Å². The summed E-state index contributed by atoms with van der Waals surface area (Å²) in [6.45, 7) is 1.55. The number of carbonyl (C=O) groups excluding carboxylic acids is 4. The predicted molar refractivity (Wildman–Crippen MR) is 150 cm³/mol. The number of methoxy groups -OCH3 is 1. The van der Waals surface area contributed by atoms with Gasteiger partial charge in [-0.15, -0.1) is 0 Å². The molecule has 9 nitrogen and oxygen atoms in total. The molecule has 0 radical (unpaired) electrons. The van der Waals surface area contributed by atoms with Crippen molar-refractivity contribution in [2.45, 2.75) is 31.9 Å². The first-order chi connectivity index (χ1) is 20.7. The molecule has 1 fully saturated rings. The third-order valence-electron chi connectivity index (χ3n) is 8.80. The summed E-state index contributed by atoms with van der Waals surface area (Å²) >= 11 is 6.18. The first kappa shape index (κ1) is 29.6.